The lowest BCUT2D eigenvalue weighted by molar-refractivity contribution is 0.0651. The lowest BCUT2D eigenvalue weighted by Gasteiger charge is -2.29. The first-order chi connectivity index (χ1) is 9.94. The van der Waals surface area contributed by atoms with Crippen LogP contribution in [-0.2, 0) is 0 Å². The highest BCUT2D eigenvalue weighted by atomic mass is 79.9. The first-order valence-corrected chi connectivity index (χ1v) is 9.38. The predicted molar refractivity (Wildman–Crippen MR) is 100.0 cm³/mol. The Bertz CT molecular complexity index is 455. The second-order valence-corrected chi connectivity index (χ2v) is 7.32. The van der Waals surface area contributed by atoms with Gasteiger partial charge >= 0.3 is 0 Å². The Morgan fingerprint density at radius 3 is 1.90 bits per heavy atom. The summed E-state index contributed by atoms with van der Waals surface area (Å²) in [4.78, 5) is 0. The van der Waals surface area contributed by atoms with Gasteiger partial charge in [0.15, 0.2) is 0 Å². The third kappa shape index (κ3) is 5.54. The van der Waals surface area contributed by atoms with E-state index in [4.69, 9.17) is 0 Å². The van der Waals surface area contributed by atoms with Crippen LogP contribution in [0.15, 0.2) is 28.7 Å². The lowest BCUT2D eigenvalue weighted by atomic mass is 9.89. The van der Waals surface area contributed by atoms with Gasteiger partial charge in [0.25, 0.3) is 0 Å². The molecule has 0 unspecified atom stereocenters. The van der Waals surface area contributed by atoms with Crippen molar-refractivity contribution in [2.45, 2.75) is 64.9 Å². The number of hydrogen-bond acceptors (Lipinski definition) is 1. The van der Waals surface area contributed by atoms with Gasteiger partial charge in [0.2, 0.25) is 0 Å². The van der Waals surface area contributed by atoms with Crippen LogP contribution in [0.1, 0.15) is 63.5 Å². The largest absolute Gasteiger partial charge is 0.385 e. The average Bonchev–Trinajstić information content (AvgIpc) is 2.50. The highest BCUT2D eigenvalue weighted by Gasteiger charge is 2.31. The Labute approximate surface area is 146 Å². The fourth-order valence-corrected chi connectivity index (χ4v) is 3.57. The highest BCUT2D eigenvalue weighted by Crippen LogP contribution is 2.40. The van der Waals surface area contributed by atoms with Crippen LogP contribution in [0.5, 0.6) is 0 Å². The van der Waals surface area contributed by atoms with E-state index in [1.54, 1.807) is 0 Å². The normalized spacial score (nSPS) is 13.2. The van der Waals surface area contributed by atoms with Crippen LogP contribution in [0, 0.1) is 6.92 Å². The van der Waals surface area contributed by atoms with Crippen molar-refractivity contribution in [2.75, 3.05) is 0 Å². The first kappa shape index (κ1) is 18.9. The minimum atomic E-state index is -0.768. The Kier molecular flexibility index (Phi) is 8.22. The smallest absolute Gasteiger partial charge is 0.0972 e. The fourth-order valence-electron chi connectivity index (χ4n) is 2.31. The van der Waals surface area contributed by atoms with Crippen LogP contribution >= 0.6 is 31.9 Å². The summed E-state index contributed by atoms with van der Waals surface area (Å²) in [6.45, 7) is 6.40. The third-order valence-corrected chi connectivity index (χ3v) is 6.32. The standard InChI is InChI=1S/C18H26Br2O/c1-4-6-12-18(21,13-7-5-2)17(20)16(19)15-10-8-14(3)9-11-15/h8-11,21H,4-7,12-13H2,1-3H3/b17-16+. The number of aliphatic hydroxyl groups is 1. The van der Waals surface area contributed by atoms with Crippen molar-refractivity contribution in [2.24, 2.45) is 0 Å². The molecule has 0 aliphatic heterocycles. The maximum atomic E-state index is 11.1. The molecular formula is C18H26Br2O. The Morgan fingerprint density at radius 1 is 1.00 bits per heavy atom. The highest BCUT2D eigenvalue weighted by molar-refractivity contribution is 9.16. The number of aryl methyl sites for hydroxylation is 1. The minimum Gasteiger partial charge on any atom is -0.385 e. The van der Waals surface area contributed by atoms with Gasteiger partial charge in [-0.2, -0.15) is 0 Å². The summed E-state index contributed by atoms with van der Waals surface area (Å²) in [7, 11) is 0. The van der Waals surface area contributed by atoms with Gasteiger partial charge in [0.05, 0.1) is 5.60 Å². The monoisotopic (exact) mass is 416 g/mol. The van der Waals surface area contributed by atoms with Gasteiger partial charge in [-0.05, 0) is 41.3 Å². The molecule has 0 spiro atoms. The molecule has 0 aromatic heterocycles. The molecule has 0 fully saturated rings. The predicted octanol–water partition coefficient (Wildman–Crippen LogP) is 6.56. The first-order valence-electron chi connectivity index (χ1n) is 7.79. The van der Waals surface area contributed by atoms with E-state index in [-0.39, 0.29) is 0 Å². The average molecular weight is 418 g/mol. The summed E-state index contributed by atoms with van der Waals surface area (Å²) in [6.07, 6.45) is 5.84. The molecule has 0 heterocycles. The van der Waals surface area contributed by atoms with Crippen molar-refractivity contribution >= 4 is 36.3 Å². The van der Waals surface area contributed by atoms with Crippen molar-refractivity contribution in [3.63, 3.8) is 0 Å². The lowest BCUT2D eigenvalue weighted by Crippen LogP contribution is -2.29. The Morgan fingerprint density at radius 2 is 1.48 bits per heavy atom. The van der Waals surface area contributed by atoms with Crippen LogP contribution in [0.3, 0.4) is 0 Å². The zero-order valence-electron chi connectivity index (χ0n) is 13.3. The van der Waals surface area contributed by atoms with Crippen LogP contribution < -0.4 is 0 Å². The number of rotatable bonds is 8. The molecule has 0 aliphatic rings. The zero-order chi connectivity index (χ0) is 15.9. The number of unbranched alkanes of at least 4 members (excludes halogenated alkanes) is 2. The van der Waals surface area contributed by atoms with E-state index in [9.17, 15) is 5.11 Å². The number of halogens is 2. The van der Waals surface area contributed by atoms with E-state index in [0.29, 0.717) is 0 Å². The molecular weight excluding hydrogens is 392 g/mol. The van der Waals surface area contributed by atoms with Crippen LogP contribution in [0.25, 0.3) is 4.48 Å². The summed E-state index contributed by atoms with van der Waals surface area (Å²) in [6, 6.07) is 8.35. The summed E-state index contributed by atoms with van der Waals surface area (Å²) in [5.41, 5.74) is 1.57. The fraction of sp³-hybridized carbons (Fsp3) is 0.556. The third-order valence-electron chi connectivity index (χ3n) is 3.79. The molecule has 0 bridgehead atoms. The molecule has 21 heavy (non-hydrogen) atoms. The molecule has 1 aromatic rings. The molecule has 0 saturated carbocycles. The summed E-state index contributed by atoms with van der Waals surface area (Å²) >= 11 is 7.33. The topological polar surface area (TPSA) is 20.2 Å². The number of hydrogen-bond donors (Lipinski definition) is 1. The van der Waals surface area contributed by atoms with Gasteiger partial charge in [-0.25, -0.2) is 0 Å². The maximum Gasteiger partial charge on any atom is 0.0972 e. The molecule has 0 saturated heterocycles. The Hall–Kier alpha value is -0.120. The molecule has 1 rings (SSSR count). The maximum absolute atomic E-state index is 11.1. The summed E-state index contributed by atoms with van der Waals surface area (Å²) in [5, 5.41) is 11.1. The van der Waals surface area contributed by atoms with Crippen LogP contribution in [0.2, 0.25) is 0 Å². The van der Waals surface area contributed by atoms with E-state index in [1.165, 1.54) is 5.56 Å². The second kappa shape index (κ2) is 9.12. The van der Waals surface area contributed by atoms with Gasteiger partial charge in [-0.1, -0.05) is 85.3 Å². The molecule has 118 valence electrons. The van der Waals surface area contributed by atoms with E-state index in [2.05, 4.69) is 76.9 Å². The summed E-state index contributed by atoms with van der Waals surface area (Å²) in [5.74, 6) is 0. The van der Waals surface area contributed by atoms with Gasteiger partial charge in [0.1, 0.15) is 0 Å². The molecule has 0 aliphatic carbocycles. The van der Waals surface area contributed by atoms with Gasteiger partial charge in [0, 0.05) is 8.96 Å². The van der Waals surface area contributed by atoms with Crippen molar-refractivity contribution in [3.05, 3.63) is 39.9 Å². The van der Waals surface area contributed by atoms with E-state index < -0.39 is 5.60 Å². The van der Waals surface area contributed by atoms with Gasteiger partial charge in [-0.3, -0.25) is 0 Å². The molecule has 1 aromatic carbocycles. The van der Waals surface area contributed by atoms with Gasteiger partial charge in [-0.15, -0.1) is 0 Å². The van der Waals surface area contributed by atoms with Gasteiger partial charge < -0.3 is 5.11 Å². The molecule has 0 atom stereocenters. The minimum absolute atomic E-state index is 0.768. The molecule has 1 N–H and O–H groups in total. The Balaban J connectivity index is 3.08. The number of benzene rings is 1. The quantitative estimate of drug-likeness (QED) is 0.507. The van der Waals surface area contributed by atoms with E-state index >= 15 is 0 Å². The molecule has 0 radical (unpaired) electrons. The van der Waals surface area contributed by atoms with Crippen molar-refractivity contribution in [1.29, 1.82) is 0 Å². The molecule has 1 nitrogen and oxygen atoms in total. The SMILES string of the molecule is CCCCC(O)(CCCC)/C(Br)=C(\Br)c1ccc(C)cc1. The second-order valence-electron chi connectivity index (χ2n) is 5.73. The van der Waals surface area contributed by atoms with E-state index in [1.807, 2.05) is 0 Å². The van der Waals surface area contributed by atoms with Crippen LogP contribution in [-0.4, -0.2) is 10.7 Å². The van der Waals surface area contributed by atoms with Crippen LogP contribution in [0.4, 0.5) is 0 Å². The van der Waals surface area contributed by atoms with E-state index in [0.717, 1.165) is 53.1 Å². The zero-order valence-corrected chi connectivity index (χ0v) is 16.4. The molecule has 0 amide bonds. The molecule has 3 heteroatoms. The van der Waals surface area contributed by atoms with Crippen molar-refractivity contribution in [1.82, 2.24) is 0 Å². The van der Waals surface area contributed by atoms with Crippen molar-refractivity contribution in [3.8, 4) is 0 Å². The van der Waals surface area contributed by atoms with Crippen molar-refractivity contribution < 1.29 is 5.11 Å². The summed E-state index contributed by atoms with van der Waals surface area (Å²) < 4.78 is 1.83.